The number of hydrogen-bond donors (Lipinski definition) is 1. The molecule has 0 atom stereocenters. The first-order valence-electron chi connectivity index (χ1n) is 5.26. The van der Waals surface area contributed by atoms with Gasteiger partial charge in [0, 0.05) is 12.4 Å². The number of aromatic nitrogens is 3. The number of anilines is 1. The second kappa shape index (κ2) is 5.18. The molecule has 0 spiro atoms. The number of halogens is 1. The number of rotatable bonds is 3. The maximum Gasteiger partial charge on any atom is 0.360 e. The molecule has 94 valence electrons. The van der Waals surface area contributed by atoms with Crippen LogP contribution >= 0.6 is 15.9 Å². The second-order valence-electron chi connectivity index (χ2n) is 3.39. The van der Waals surface area contributed by atoms with E-state index in [0.29, 0.717) is 10.3 Å². The number of nitrogens with two attached hydrogens (primary N) is 1. The molecule has 0 aliphatic heterocycles. The zero-order valence-electron chi connectivity index (χ0n) is 9.63. The minimum Gasteiger partial charge on any atom is -0.461 e. The summed E-state index contributed by atoms with van der Waals surface area (Å²) in [7, 11) is 0. The Kier molecular flexibility index (Phi) is 3.61. The Labute approximate surface area is 112 Å². The van der Waals surface area contributed by atoms with Crippen LogP contribution in [0.4, 0.5) is 5.82 Å². The third kappa shape index (κ3) is 2.21. The van der Waals surface area contributed by atoms with E-state index in [9.17, 15) is 4.79 Å². The van der Waals surface area contributed by atoms with Crippen LogP contribution in [0.25, 0.3) is 5.69 Å². The predicted octanol–water partition coefficient (Wildman–Crippen LogP) is 1.79. The third-order valence-corrected chi connectivity index (χ3v) is 3.02. The summed E-state index contributed by atoms with van der Waals surface area (Å²) in [5.41, 5.74) is 6.77. The number of ether oxygens (including phenoxy) is 1. The fourth-order valence-corrected chi connectivity index (χ4v) is 1.83. The Bertz CT molecular complexity index is 568. The fourth-order valence-electron chi connectivity index (χ4n) is 1.42. The highest BCUT2D eigenvalue weighted by Crippen LogP contribution is 2.26. The molecule has 18 heavy (non-hydrogen) atoms. The highest BCUT2D eigenvalue weighted by molar-refractivity contribution is 9.10. The molecule has 0 radical (unpaired) electrons. The van der Waals surface area contributed by atoms with Gasteiger partial charge in [0.15, 0.2) is 5.69 Å². The van der Waals surface area contributed by atoms with Crippen molar-refractivity contribution in [3.05, 3.63) is 34.7 Å². The monoisotopic (exact) mass is 310 g/mol. The molecule has 0 aromatic carbocycles. The number of pyridine rings is 1. The van der Waals surface area contributed by atoms with Crippen LogP contribution in [0.15, 0.2) is 29.0 Å². The quantitative estimate of drug-likeness (QED) is 0.874. The number of nitrogens with zero attached hydrogens (tertiary/aromatic N) is 3. The molecule has 2 rings (SSSR count). The van der Waals surface area contributed by atoms with Crippen LogP contribution in [0.1, 0.15) is 17.4 Å². The lowest BCUT2D eigenvalue weighted by atomic mass is 10.4. The summed E-state index contributed by atoms with van der Waals surface area (Å²) in [5, 5.41) is 4.14. The van der Waals surface area contributed by atoms with Crippen LogP contribution < -0.4 is 5.73 Å². The van der Waals surface area contributed by atoms with Gasteiger partial charge in [-0.25, -0.2) is 9.48 Å². The minimum absolute atomic E-state index is 0.158. The van der Waals surface area contributed by atoms with Crippen molar-refractivity contribution in [2.75, 3.05) is 12.3 Å². The molecule has 6 nitrogen and oxygen atoms in total. The lowest BCUT2D eigenvalue weighted by Gasteiger charge is -2.02. The SMILES string of the molecule is CCOC(=O)c1nn(-c2ccncc2)c(N)c1Br. The van der Waals surface area contributed by atoms with Crippen LogP contribution in [-0.4, -0.2) is 27.3 Å². The predicted molar refractivity (Wildman–Crippen MR) is 69.4 cm³/mol. The van der Waals surface area contributed by atoms with Crippen molar-refractivity contribution in [1.29, 1.82) is 0 Å². The molecule has 2 N–H and O–H groups in total. The van der Waals surface area contributed by atoms with Gasteiger partial charge >= 0.3 is 5.97 Å². The molecule has 0 amide bonds. The van der Waals surface area contributed by atoms with E-state index in [1.807, 2.05) is 0 Å². The van der Waals surface area contributed by atoms with Gasteiger partial charge in [-0.15, -0.1) is 0 Å². The van der Waals surface area contributed by atoms with Crippen LogP contribution in [0.3, 0.4) is 0 Å². The van der Waals surface area contributed by atoms with Crippen molar-refractivity contribution in [1.82, 2.24) is 14.8 Å². The van der Waals surface area contributed by atoms with Crippen LogP contribution in [0.5, 0.6) is 0 Å². The van der Waals surface area contributed by atoms with Crippen molar-refractivity contribution in [2.45, 2.75) is 6.92 Å². The first kappa shape index (κ1) is 12.6. The molecule has 7 heteroatoms. The summed E-state index contributed by atoms with van der Waals surface area (Å²) in [5.74, 6) is -0.173. The van der Waals surface area contributed by atoms with Gasteiger partial charge in [-0.05, 0) is 35.0 Å². The van der Waals surface area contributed by atoms with Crippen LogP contribution in [0.2, 0.25) is 0 Å². The van der Waals surface area contributed by atoms with E-state index in [2.05, 4.69) is 26.0 Å². The first-order chi connectivity index (χ1) is 8.65. The zero-order valence-corrected chi connectivity index (χ0v) is 11.2. The van der Waals surface area contributed by atoms with Crippen molar-refractivity contribution in [2.24, 2.45) is 0 Å². The summed E-state index contributed by atoms with van der Waals surface area (Å²) < 4.78 is 6.79. The second-order valence-corrected chi connectivity index (χ2v) is 4.18. The molecule has 2 aromatic rings. The summed E-state index contributed by atoms with van der Waals surface area (Å²) in [4.78, 5) is 15.6. The van der Waals surface area contributed by atoms with Crippen molar-refractivity contribution < 1.29 is 9.53 Å². The van der Waals surface area contributed by atoms with Gasteiger partial charge in [0.1, 0.15) is 5.82 Å². The van der Waals surface area contributed by atoms with E-state index in [4.69, 9.17) is 10.5 Å². The number of hydrogen-bond acceptors (Lipinski definition) is 5. The van der Waals surface area contributed by atoms with Crippen LogP contribution in [0, 0.1) is 0 Å². The molecular formula is C11H11BrN4O2. The third-order valence-electron chi connectivity index (χ3n) is 2.24. The molecule has 0 fully saturated rings. The normalized spacial score (nSPS) is 10.3. The van der Waals surface area contributed by atoms with Gasteiger partial charge < -0.3 is 10.5 Å². The minimum atomic E-state index is -0.510. The molecule has 0 aliphatic rings. The highest BCUT2D eigenvalue weighted by atomic mass is 79.9. The summed E-state index contributed by atoms with van der Waals surface area (Å²) in [6.45, 7) is 2.02. The smallest absolute Gasteiger partial charge is 0.360 e. The number of carbonyl (C=O) groups is 1. The Hall–Kier alpha value is -1.89. The summed E-state index contributed by atoms with van der Waals surface area (Å²) in [6, 6.07) is 3.48. The van der Waals surface area contributed by atoms with E-state index in [0.717, 1.165) is 5.69 Å². The Morgan fingerprint density at radius 2 is 2.17 bits per heavy atom. The van der Waals surface area contributed by atoms with Crippen molar-refractivity contribution >= 4 is 27.7 Å². The fraction of sp³-hybridized carbons (Fsp3) is 0.182. The Morgan fingerprint density at radius 3 is 2.78 bits per heavy atom. The average Bonchev–Trinajstić information content (AvgIpc) is 2.68. The first-order valence-corrected chi connectivity index (χ1v) is 6.06. The average molecular weight is 311 g/mol. The number of nitrogen functional groups attached to an aromatic ring is 1. The van der Waals surface area contributed by atoms with Gasteiger partial charge in [-0.1, -0.05) is 0 Å². The zero-order chi connectivity index (χ0) is 13.1. The maximum atomic E-state index is 11.7. The molecule has 2 heterocycles. The Morgan fingerprint density at radius 1 is 1.50 bits per heavy atom. The van der Waals surface area contributed by atoms with Crippen molar-refractivity contribution in [3.63, 3.8) is 0 Å². The lowest BCUT2D eigenvalue weighted by molar-refractivity contribution is 0.0518. The molecule has 2 aromatic heterocycles. The molecule has 0 bridgehead atoms. The van der Waals surface area contributed by atoms with Crippen molar-refractivity contribution in [3.8, 4) is 5.69 Å². The molecule has 0 saturated carbocycles. The van der Waals surface area contributed by atoms with E-state index >= 15 is 0 Å². The number of carbonyl (C=O) groups excluding carboxylic acids is 1. The van der Waals surface area contributed by atoms with E-state index < -0.39 is 5.97 Å². The van der Waals surface area contributed by atoms with Gasteiger partial charge in [-0.3, -0.25) is 4.98 Å². The van der Waals surface area contributed by atoms with E-state index in [1.165, 1.54) is 4.68 Å². The molecule has 0 saturated heterocycles. The van der Waals surface area contributed by atoms with Gasteiger partial charge in [0.05, 0.1) is 16.8 Å². The van der Waals surface area contributed by atoms with Gasteiger partial charge in [-0.2, -0.15) is 5.10 Å². The Balaban J connectivity index is 2.46. The standard InChI is InChI=1S/C11H11BrN4O2/c1-2-18-11(17)9-8(12)10(13)16(15-9)7-3-5-14-6-4-7/h3-6H,2,13H2,1H3. The molecular weight excluding hydrogens is 300 g/mol. The van der Waals surface area contributed by atoms with Crippen LogP contribution in [-0.2, 0) is 4.74 Å². The van der Waals surface area contributed by atoms with E-state index in [1.54, 1.807) is 31.5 Å². The van der Waals surface area contributed by atoms with E-state index in [-0.39, 0.29) is 12.3 Å². The van der Waals surface area contributed by atoms with Gasteiger partial charge in [0.2, 0.25) is 0 Å². The number of esters is 1. The molecule has 0 unspecified atom stereocenters. The highest BCUT2D eigenvalue weighted by Gasteiger charge is 2.21. The maximum absolute atomic E-state index is 11.7. The molecule has 0 aliphatic carbocycles. The topological polar surface area (TPSA) is 83.0 Å². The summed E-state index contributed by atoms with van der Waals surface area (Å²) in [6.07, 6.45) is 3.24. The largest absolute Gasteiger partial charge is 0.461 e. The summed E-state index contributed by atoms with van der Waals surface area (Å²) >= 11 is 3.24. The lowest BCUT2D eigenvalue weighted by Crippen LogP contribution is -2.07. The van der Waals surface area contributed by atoms with Gasteiger partial charge in [0.25, 0.3) is 0 Å².